The number of aliphatic carboxylic acids is 1. The van der Waals surface area contributed by atoms with Gasteiger partial charge in [-0.15, -0.1) is 0 Å². The number of halogens is 1. The summed E-state index contributed by atoms with van der Waals surface area (Å²) in [6.07, 6.45) is 0. The minimum Gasteiger partial charge on any atom is -0.480 e. The number of hydrogen-bond acceptors (Lipinski definition) is 4. The van der Waals surface area contributed by atoms with Gasteiger partial charge in [-0.3, -0.25) is 9.59 Å². The molecule has 0 spiro atoms. The number of aryl methyl sites for hydroxylation is 1. The van der Waals surface area contributed by atoms with Gasteiger partial charge in [0.05, 0.1) is 11.4 Å². The van der Waals surface area contributed by atoms with E-state index in [0.29, 0.717) is 0 Å². The molecule has 0 atom stereocenters. The molecule has 1 aromatic carbocycles. The fourth-order valence-corrected chi connectivity index (χ4v) is 2.58. The molecule has 110 valence electrons. The number of carboxylic acid groups (broad SMARTS) is 1. The third-order valence-electron chi connectivity index (χ3n) is 2.30. The van der Waals surface area contributed by atoms with Crippen LogP contribution in [0.4, 0.5) is 0 Å². The van der Waals surface area contributed by atoms with Gasteiger partial charge in [-0.2, -0.15) is 0 Å². The van der Waals surface area contributed by atoms with Crippen LogP contribution in [0.5, 0.6) is 0 Å². The molecule has 0 saturated heterocycles. The maximum Gasteiger partial charge on any atom is 0.322 e. The maximum absolute atomic E-state index is 11.9. The van der Waals surface area contributed by atoms with Crippen LogP contribution >= 0.6 is 15.9 Å². The van der Waals surface area contributed by atoms with Crippen molar-refractivity contribution in [2.24, 2.45) is 0 Å². The molecule has 0 fully saturated rings. The second kappa shape index (κ2) is 6.82. The smallest absolute Gasteiger partial charge is 0.322 e. The molecular weight excluding hydrogens is 352 g/mol. The first-order valence-electron chi connectivity index (χ1n) is 5.46. The summed E-state index contributed by atoms with van der Waals surface area (Å²) in [6.45, 7) is 0.658. The van der Waals surface area contributed by atoms with E-state index < -0.39 is 35.0 Å². The zero-order valence-corrected chi connectivity index (χ0v) is 12.9. The number of nitrogens with one attached hydrogen (secondary N) is 2. The minimum absolute atomic E-state index is 0.0317. The van der Waals surface area contributed by atoms with E-state index in [1.54, 1.807) is 13.0 Å². The number of carboxylic acids is 1. The average molecular weight is 365 g/mol. The van der Waals surface area contributed by atoms with Gasteiger partial charge in [0.1, 0.15) is 6.54 Å². The predicted octanol–water partition coefficient (Wildman–Crippen LogP) is 0.237. The Kier molecular flexibility index (Phi) is 5.66. The quantitative estimate of drug-likeness (QED) is 0.668. The lowest BCUT2D eigenvalue weighted by molar-refractivity contribution is -0.137. The number of carbonyl (C=O) groups excluding carboxylic acids is 1. The first kappa shape index (κ1) is 16.6. The summed E-state index contributed by atoms with van der Waals surface area (Å²) < 4.78 is 26.7. The van der Waals surface area contributed by atoms with E-state index >= 15 is 0 Å². The summed E-state index contributed by atoms with van der Waals surface area (Å²) in [7, 11) is -3.81. The first-order valence-corrected chi connectivity index (χ1v) is 7.74. The molecule has 0 bridgehead atoms. The van der Waals surface area contributed by atoms with Crippen LogP contribution in [0.2, 0.25) is 0 Å². The maximum atomic E-state index is 11.9. The van der Waals surface area contributed by atoms with Crippen molar-refractivity contribution >= 4 is 37.8 Å². The summed E-state index contributed by atoms with van der Waals surface area (Å²) >= 11 is 3.26. The molecule has 0 unspecified atom stereocenters. The Hall–Kier alpha value is -1.45. The summed E-state index contributed by atoms with van der Waals surface area (Å²) in [5.41, 5.74) is 0.739. The SMILES string of the molecule is Cc1cc(S(=O)(=O)NCC(=O)NCC(=O)O)ccc1Br. The standard InChI is InChI=1S/C11H13BrN2O5S/c1-7-4-8(2-3-9(7)12)20(18,19)14-5-10(15)13-6-11(16)17/h2-4,14H,5-6H2,1H3,(H,13,15)(H,16,17). The number of rotatable bonds is 6. The zero-order valence-electron chi connectivity index (χ0n) is 10.5. The van der Waals surface area contributed by atoms with Crippen molar-refractivity contribution in [1.29, 1.82) is 0 Å². The molecule has 7 nitrogen and oxygen atoms in total. The van der Waals surface area contributed by atoms with Crippen molar-refractivity contribution in [3.63, 3.8) is 0 Å². The highest BCUT2D eigenvalue weighted by Crippen LogP contribution is 2.19. The molecule has 0 aromatic heterocycles. The van der Waals surface area contributed by atoms with Crippen molar-refractivity contribution in [2.45, 2.75) is 11.8 Å². The number of hydrogen-bond donors (Lipinski definition) is 3. The van der Waals surface area contributed by atoms with E-state index in [9.17, 15) is 18.0 Å². The van der Waals surface area contributed by atoms with E-state index in [0.717, 1.165) is 10.0 Å². The summed E-state index contributed by atoms with van der Waals surface area (Å²) in [5, 5.41) is 10.4. The molecule has 20 heavy (non-hydrogen) atoms. The van der Waals surface area contributed by atoms with Crippen molar-refractivity contribution in [3.05, 3.63) is 28.2 Å². The largest absolute Gasteiger partial charge is 0.480 e. The molecule has 1 rings (SSSR count). The van der Waals surface area contributed by atoms with Crippen LogP contribution < -0.4 is 10.0 Å². The van der Waals surface area contributed by atoms with Crippen LogP contribution in [0.15, 0.2) is 27.6 Å². The van der Waals surface area contributed by atoms with E-state index in [1.165, 1.54) is 12.1 Å². The lowest BCUT2D eigenvalue weighted by atomic mass is 10.2. The van der Waals surface area contributed by atoms with Gasteiger partial charge < -0.3 is 10.4 Å². The van der Waals surface area contributed by atoms with Crippen LogP contribution in [0.25, 0.3) is 0 Å². The molecular formula is C11H13BrN2O5S. The topological polar surface area (TPSA) is 113 Å². The molecule has 1 amide bonds. The van der Waals surface area contributed by atoms with Gasteiger partial charge in [0.25, 0.3) is 0 Å². The number of amides is 1. The fraction of sp³-hybridized carbons (Fsp3) is 0.273. The lowest BCUT2D eigenvalue weighted by Crippen LogP contribution is -2.38. The molecule has 0 saturated carbocycles. The Balaban J connectivity index is 2.68. The van der Waals surface area contributed by atoms with Crippen LogP contribution in [-0.2, 0) is 19.6 Å². The lowest BCUT2D eigenvalue weighted by Gasteiger charge is -2.08. The highest BCUT2D eigenvalue weighted by atomic mass is 79.9. The summed E-state index contributed by atoms with van der Waals surface area (Å²) in [5.74, 6) is -1.92. The molecule has 3 N–H and O–H groups in total. The Bertz CT molecular complexity index is 630. The molecule has 9 heteroatoms. The minimum atomic E-state index is -3.81. The summed E-state index contributed by atoms with van der Waals surface area (Å²) in [4.78, 5) is 21.5. The average Bonchev–Trinajstić information content (AvgIpc) is 2.37. The van der Waals surface area contributed by atoms with Crippen LogP contribution in [0.1, 0.15) is 5.56 Å². The van der Waals surface area contributed by atoms with E-state index in [4.69, 9.17) is 5.11 Å². The molecule has 0 radical (unpaired) electrons. The third kappa shape index (κ3) is 4.91. The predicted molar refractivity (Wildman–Crippen MR) is 74.7 cm³/mol. The van der Waals surface area contributed by atoms with Gasteiger partial charge >= 0.3 is 5.97 Å². The van der Waals surface area contributed by atoms with Crippen molar-refractivity contribution in [2.75, 3.05) is 13.1 Å². The fourth-order valence-electron chi connectivity index (χ4n) is 1.26. The molecule has 0 aliphatic carbocycles. The van der Waals surface area contributed by atoms with Crippen molar-refractivity contribution in [1.82, 2.24) is 10.0 Å². The number of sulfonamides is 1. The third-order valence-corrected chi connectivity index (χ3v) is 4.59. The van der Waals surface area contributed by atoms with Gasteiger partial charge in [-0.25, -0.2) is 13.1 Å². The Labute approximate surface area is 124 Å². The second-order valence-corrected chi connectivity index (χ2v) is 6.53. The van der Waals surface area contributed by atoms with E-state index in [-0.39, 0.29) is 4.90 Å². The van der Waals surface area contributed by atoms with Crippen LogP contribution in [-0.4, -0.2) is 38.5 Å². The summed E-state index contributed by atoms with van der Waals surface area (Å²) in [6, 6.07) is 4.45. The van der Waals surface area contributed by atoms with Gasteiger partial charge in [0.15, 0.2) is 0 Å². The van der Waals surface area contributed by atoms with E-state index in [1.807, 2.05) is 0 Å². The number of carbonyl (C=O) groups is 2. The molecule has 1 aromatic rings. The van der Waals surface area contributed by atoms with Gasteiger partial charge in [-0.05, 0) is 30.7 Å². The van der Waals surface area contributed by atoms with Gasteiger partial charge in [0, 0.05) is 4.47 Å². The second-order valence-electron chi connectivity index (χ2n) is 3.91. The zero-order chi connectivity index (χ0) is 15.3. The monoisotopic (exact) mass is 364 g/mol. The van der Waals surface area contributed by atoms with E-state index in [2.05, 4.69) is 26.0 Å². The number of benzene rings is 1. The molecule has 0 aliphatic rings. The Morgan fingerprint density at radius 3 is 2.50 bits per heavy atom. The first-order chi connectivity index (χ1) is 9.22. The normalized spacial score (nSPS) is 11.1. The van der Waals surface area contributed by atoms with Gasteiger partial charge in [0.2, 0.25) is 15.9 Å². The van der Waals surface area contributed by atoms with Gasteiger partial charge in [-0.1, -0.05) is 15.9 Å². The van der Waals surface area contributed by atoms with Crippen LogP contribution in [0, 0.1) is 6.92 Å². The van der Waals surface area contributed by atoms with Crippen molar-refractivity contribution < 1.29 is 23.1 Å². The van der Waals surface area contributed by atoms with Crippen molar-refractivity contribution in [3.8, 4) is 0 Å². The highest BCUT2D eigenvalue weighted by molar-refractivity contribution is 9.10. The molecule has 0 heterocycles. The Morgan fingerprint density at radius 1 is 1.30 bits per heavy atom. The highest BCUT2D eigenvalue weighted by Gasteiger charge is 2.16. The Morgan fingerprint density at radius 2 is 1.95 bits per heavy atom. The molecule has 0 aliphatic heterocycles. The van der Waals surface area contributed by atoms with Crippen LogP contribution in [0.3, 0.4) is 0 Å².